The van der Waals surface area contributed by atoms with E-state index in [1.54, 1.807) is 31.2 Å². The number of carbonyl (C=O) groups is 2. The van der Waals surface area contributed by atoms with E-state index in [2.05, 4.69) is 10.6 Å². The van der Waals surface area contributed by atoms with Crippen LogP contribution in [0.25, 0.3) is 0 Å². The van der Waals surface area contributed by atoms with Crippen LogP contribution >= 0.6 is 11.6 Å². The summed E-state index contributed by atoms with van der Waals surface area (Å²) in [6.45, 7) is 3.73. The summed E-state index contributed by atoms with van der Waals surface area (Å²) in [4.78, 5) is 24.9. The van der Waals surface area contributed by atoms with E-state index >= 15 is 0 Å². The summed E-state index contributed by atoms with van der Waals surface area (Å²) in [5.41, 5.74) is 3.60. The maximum atomic E-state index is 13.0. The lowest BCUT2D eigenvalue weighted by atomic mass is 9.89. The maximum Gasteiger partial charge on any atom is 0.319 e. The van der Waals surface area contributed by atoms with Crippen LogP contribution in [0.1, 0.15) is 34.5 Å². The SMILES string of the molecule is CC1=C(C(=O)c2ccc(Cl)cc2)C(c2ccc(C)cc2)NC(=O)N1. The van der Waals surface area contributed by atoms with Crippen LogP contribution in [0.3, 0.4) is 0 Å². The van der Waals surface area contributed by atoms with Crippen LogP contribution in [-0.4, -0.2) is 11.8 Å². The van der Waals surface area contributed by atoms with Crippen molar-refractivity contribution in [3.8, 4) is 0 Å². The molecule has 1 aliphatic heterocycles. The van der Waals surface area contributed by atoms with E-state index in [-0.39, 0.29) is 11.8 Å². The molecule has 1 atom stereocenters. The van der Waals surface area contributed by atoms with Crippen molar-refractivity contribution in [1.82, 2.24) is 10.6 Å². The molecule has 0 radical (unpaired) electrons. The minimum Gasteiger partial charge on any atom is -0.327 e. The number of carbonyl (C=O) groups excluding carboxylic acids is 2. The first-order chi connectivity index (χ1) is 11.5. The number of allylic oxidation sites excluding steroid dienone is 1. The molecule has 3 rings (SSSR count). The Hall–Kier alpha value is -2.59. The monoisotopic (exact) mass is 340 g/mol. The van der Waals surface area contributed by atoms with E-state index in [0.717, 1.165) is 11.1 Å². The van der Waals surface area contributed by atoms with Gasteiger partial charge in [-0.2, -0.15) is 0 Å². The Morgan fingerprint density at radius 2 is 1.62 bits per heavy atom. The van der Waals surface area contributed by atoms with Gasteiger partial charge in [0.05, 0.1) is 6.04 Å². The van der Waals surface area contributed by atoms with Crippen LogP contribution in [-0.2, 0) is 0 Å². The smallest absolute Gasteiger partial charge is 0.319 e. The minimum absolute atomic E-state index is 0.137. The Bertz CT molecular complexity index is 823. The van der Waals surface area contributed by atoms with Crippen molar-refractivity contribution in [3.05, 3.63) is 81.5 Å². The molecule has 1 aliphatic rings. The molecule has 2 aromatic carbocycles. The molecule has 0 aromatic heterocycles. The maximum absolute atomic E-state index is 13.0. The van der Waals surface area contributed by atoms with Gasteiger partial charge in [-0.25, -0.2) is 4.79 Å². The van der Waals surface area contributed by atoms with Crippen molar-refractivity contribution in [2.45, 2.75) is 19.9 Å². The van der Waals surface area contributed by atoms with Gasteiger partial charge < -0.3 is 10.6 Å². The minimum atomic E-state index is -0.484. The zero-order chi connectivity index (χ0) is 17.3. The van der Waals surface area contributed by atoms with E-state index in [1.807, 2.05) is 31.2 Å². The molecular weight excluding hydrogens is 324 g/mol. The molecule has 122 valence electrons. The third-order valence-electron chi connectivity index (χ3n) is 4.03. The molecule has 0 spiro atoms. The highest BCUT2D eigenvalue weighted by Crippen LogP contribution is 2.29. The van der Waals surface area contributed by atoms with Crippen molar-refractivity contribution in [1.29, 1.82) is 0 Å². The fourth-order valence-electron chi connectivity index (χ4n) is 2.76. The molecule has 0 aliphatic carbocycles. The number of aryl methyl sites for hydroxylation is 1. The van der Waals surface area contributed by atoms with Gasteiger partial charge in [0.15, 0.2) is 5.78 Å². The van der Waals surface area contributed by atoms with Gasteiger partial charge in [-0.15, -0.1) is 0 Å². The largest absolute Gasteiger partial charge is 0.327 e. The summed E-state index contributed by atoms with van der Waals surface area (Å²) >= 11 is 5.90. The van der Waals surface area contributed by atoms with Crippen LogP contribution in [0.2, 0.25) is 5.02 Å². The number of hydrogen-bond donors (Lipinski definition) is 2. The van der Waals surface area contributed by atoms with E-state index in [0.29, 0.717) is 21.9 Å². The van der Waals surface area contributed by atoms with Gasteiger partial charge in [0.2, 0.25) is 0 Å². The third-order valence-corrected chi connectivity index (χ3v) is 4.28. The van der Waals surface area contributed by atoms with E-state index in [9.17, 15) is 9.59 Å². The molecule has 2 amide bonds. The predicted molar refractivity (Wildman–Crippen MR) is 94.1 cm³/mol. The normalized spacial score (nSPS) is 17.3. The molecule has 2 aromatic rings. The number of halogens is 1. The average Bonchev–Trinajstić information content (AvgIpc) is 2.55. The quantitative estimate of drug-likeness (QED) is 0.824. The average molecular weight is 341 g/mol. The second-order valence-electron chi connectivity index (χ2n) is 5.82. The molecule has 0 fully saturated rings. The number of rotatable bonds is 3. The second kappa shape index (κ2) is 6.49. The standard InChI is InChI=1S/C19H17ClN2O2/c1-11-3-5-13(6-4-11)17-16(12(2)21-19(24)22-17)18(23)14-7-9-15(20)10-8-14/h3-10,17H,1-2H3,(H2,21,22,24). The van der Waals surface area contributed by atoms with Crippen LogP contribution < -0.4 is 10.6 Å². The summed E-state index contributed by atoms with van der Waals surface area (Å²) in [6, 6.07) is 13.7. The molecule has 0 saturated heterocycles. The van der Waals surface area contributed by atoms with Gasteiger partial charge in [-0.3, -0.25) is 4.79 Å². The summed E-state index contributed by atoms with van der Waals surface area (Å²) in [5, 5.41) is 6.10. The molecule has 0 bridgehead atoms. The van der Waals surface area contributed by atoms with Crippen LogP contribution in [0.5, 0.6) is 0 Å². The molecule has 1 unspecified atom stereocenters. The third kappa shape index (κ3) is 3.19. The van der Waals surface area contributed by atoms with Gasteiger partial charge in [0, 0.05) is 21.9 Å². The second-order valence-corrected chi connectivity index (χ2v) is 6.25. The Kier molecular flexibility index (Phi) is 4.40. The Balaban J connectivity index is 2.04. The molecule has 24 heavy (non-hydrogen) atoms. The lowest BCUT2D eigenvalue weighted by Gasteiger charge is -2.28. The van der Waals surface area contributed by atoms with Crippen molar-refractivity contribution in [3.63, 3.8) is 0 Å². The summed E-state index contributed by atoms with van der Waals surface area (Å²) in [7, 11) is 0. The van der Waals surface area contributed by atoms with Crippen molar-refractivity contribution in [2.75, 3.05) is 0 Å². The lowest BCUT2D eigenvalue weighted by molar-refractivity contribution is 0.102. The first-order valence-corrected chi connectivity index (χ1v) is 7.98. The fourth-order valence-corrected chi connectivity index (χ4v) is 2.89. The molecule has 0 saturated carbocycles. The summed E-state index contributed by atoms with van der Waals surface area (Å²) in [5.74, 6) is -0.137. The van der Waals surface area contributed by atoms with Crippen LogP contribution in [0, 0.1) is 6.92 Å². The van der Waals surface area contributed by atoms with E-state index in [1.165, 1.54) is 0 Å². The van der Waals surface area contributed by atoms with E-state index in [4.69, 9.17) is 11.6 Å². The number of hydrogen-bond acceptors (Lipinski definition) is 2. The van der Waals surface area contributed by atoms with Crippen LogP contribution in [0.4, 0.5) is 4.79 Å². The van der Waals surface area contributed by atoms with Gasteiger partial charge in [-0.1, -0.05) is 41.4 Å². The lowest BCUT2D eigenvalue weighted by Crippen LogP contribution is -2.45. The van der Waals surface area contributed by atoms with Gasteiger partial charge in [0.1, 0.15) is 0 Å². The van der Waals surface area contributed by atoms with Gasteiger partial charge in [-0.05, 0) is 43.7 Å². The van der Waals surface area contributed by atoms with Gasteiger partial charge >= 0.3 is 6.03 Å². The zero-order valence-corrected chi connectivity index (χ0v) is 14.1. The fraction of sp³-hybridized carbons (Fsp3) is 0.158. The first-order valence-electron chi connectivity index (χ1n) is 7.61. The highest BCUT2D eigenvalue weighted by Gasteiger charge is 2.31. The Morgan fingerprint density at radius 1 is 1.00 bits per heavy atom. The topological polar surface area (TPSA) is 58.2 Å². The highest BCUT2D eigenvalue weighted by atomic mass is 35.5. The summed E-state index contributed by atoms with van der Waals surface area (Å²) in [6.07, 6.45) is 0. The van der Waals surface area contributed by atoms with E-state index < -0.39 is 6.04 Å². The predicted octanol–water partition coefficient (Wildman–Crippen LogP) is 4.16. The van der Waals surface area contributed by atoms with Crippen molar-refractivity contribution >= 4 is 23.4 Å². The molecule has 4 nitrogen and oxygen atoms in total. The number of amides is 2. The Labute approximate surface area is 145 Å². The zero-order valence-electron chi connectivity index (χ0n) is 13.4. The number of ketones is 1. The first kappa shape index (κ1) is 16.3. The number of benzene rings is 2. The van der Waals surface area contributed by atoms with Crippen LogP contribution in [0.15, 0.2) is 59.8 Å². The molecular formula is C19H17ClN2O2. The molecule has 5 heteroatoms. The summed E-state index contributed by atoms with van der Waals surface area (Å²) < 4.78 is 0. The Morgan fingerprint density at radius 3 is 2.25 bits per heavy atom. The number of nitrogens with one attached hydrogen (secondary N) is 2. The van der Waals surface area contributed by atoms with Gasteiger partial charge in [0.25, 0.3) is 0 Å². The number of urea groups is 1. The van der Waals surface area contributed by atoms with Crippen molar-refractivity contribution in [2.24, 2.45) is 0 Å². The highest BCUT2D eigenvalue weighted by molar-refractivity contribution is 6.30. The number of Topliss-reactive ketones (excluding diaryl/α,β-unsaturated/α-hetero) is 1. The molecule has 1 heterocycles. The molecule has 2 N–H and O–H groups in total. The van der Waals surface area contributed by atoms with Crippen molar-refractivity contribution < 1.29 is 9.59 Å².